The Morgan fingerprint density at radius 2 is 1.45 bits per heavy atom. The summed E-state index contributed by atoms with van der Waals surface area (Å²) in [6.45, 7) is 1.62. The van der Waals surface area contributed by atoms with Crippen molar-refractivity contribution in [3.63, 3.8) is 0 Å². The zero-order valence-electron chi connectivity index (χ0n) is 34.0. The second-order valence-electron chi connectivity index (χ2n) is 14.6. The summed E-state index contributed by atoms with van der Waals surface area (Å²) < 4.78 is 26.0. The van der Waals surface area contributed by atoms with Gasteiger partial charge in [0.05, 0.1) is 13.2 Å². The first-order valence-corrected chi connectivity index (χ1v) is 21.2. The summed E-state index contributed by atoms with van der Waals surface area (Å²) in [7, 11) is 0. The quantitative estimate of drug-likeness (QED) is 0.0213. The van der Waals surface area contributed by atoms with Gasteiger partial charge in [0.1, 0.15) is 19.0 Å². The molecule has 0 aromatic heterocycles. The van der Waals surface area contributed by atoms with Crippen molar-refractivity contribution in [2.45, 2.75) is 50.7 Å². The highest BCUT2D eigenvalue weighted by molar-refractivity contribution is 9.10. The number of rotatable bonds is 21. The first kappa shape index (κ1) is 43.5. The number of carbonyl (C=O) groups excluding carboxylic acids is 1. The number of ether oxygens (including phenoxy) is 4. The lowest BCUT2D eigenvalue weighted by atomic mass is 9.81. The Kier molecular flexibility index (Phi) is 15.2. The van der Waals surface area contributed by atoms with E-state index in [0.717, 1.165) is 26.7 Å². The molecule has 0 unspecified atom stereocenters. The fourth-order valence-electron chi connectivity index (χ4n) is 7.08. The Labute approximate surface area is 369 Å². The molecule has 1 aliphatic rings. The number of carbonyl (C=O) groups is 1. The topological polar surface area (TPSA) is 159 Å². The third-order valence-electron chi connectivity index (χ3n) is 10.3. The largest absolute Gasteiger partial charge is 0.494 e. The lowest BCUT2D eigenvalue weighted by Crippen LogP contribution is -2.54. The second kappa shape index (κ2) is 21.8. The van der Waals surface area contributed by atoms with E-state index in [1.807, 2.05) is 140 Å². The first-order valence-electron chi connectivity index (χ1n) is 20.4. The van der Waals surface area contributed by atoms with Crippen LogP contribution in [-0.4, -0.2) is 42.2 Å². The van der Waals surface area contributed by atoms with Gasteiger partial charge in [-0.05, 0) is 93.9 Å². The predicted octanol–water partition coefficient (Wildman–Crippen LogP) is 9.54. The van der Waals surface area contributed by atoms with Crippen LogP contribution in [0.25, 0.3) is 10.4 Å². The summed E-state index contributed by atoms with van der Waals surface area (Å²) in [5, 5.41) is 13.0. The minimum absolute atomic E-state index is 0.0336. The highest BCUT2D eigenvalue weighted by Gasteiger charge is 2.54. The summed E-state index contributed by atoms with van der Waals surface area (Å²) >= 11 is 3.54. The van der Waals surface area contributed by atoms with E-state index in [4.69, 9.17) is 23.9 Å². The van der Waals surface area contributed by atoms with Gasteiger partial charge in [0.15, 0.2) is 23.1 Å². The van der Waals surface area contributed by atoms with Crippen LogP contribution in [0.5, 0.6) is 17.2 Å². The van der Waals surface area contributed by atoms with Gasteiger partial charge >= 0.3 is 0 Å². The summed E-state index contributed by atoms with van der Waals surface area (Å²) in [4.78, 5) is 23.1. The van der Waals surface area contributed by atoms with Gasteiger partial charge in [0.2, 0.25) is 5.90 Å². The number of amides is 1. The van der Waals surface area contributed by atoms with Crippen LogP contribution in [0.3, 0.4) is 0 Å². The molecule has 0 spiro atoms. The predicted molar refractivity (Wildman–Crippen MR) is 242 cm³/mol. The number of aliphatic imine (C=N–C) groups is 1. The number of hydrazine groups is 1. The average molecular weight is 896 g/mol. The van der Waals surface area contributed by atoms with E-state index >= 15 is 0 Å². The molecule has 1 aliphatic heterocycles. The molecule has 316 valence electrons. The molecular weight excluding hydrogens is 848 g/mol. The first-order chi connectivity index (χ1) is 30.4. The van der Waals surface area contributed by atoms with Gasteiger partial charge < -0.3 is 24.1 Å². The molecule has 7 rings (SSSR count). The van der Waals surface area contributed by atoms with E-state index in [1.165, 1.54) is 0 Å². The van der Waals surface area contributed by atoms with Crippen molar-refractivity contribution in [3.05, 3.63) is 206 Å². The number of hydrogen-bond donors (Lipinski definition) is 3. The minimum atomic E-state index is -1.50. The van der Waals surface area contributed by atoms with Gasteiger partial charge in [-0.2, -0.15) is 0 Å². The van der Waals surface area contributed by atoms with E-state index in [2.05, 4.69) is 36.8 Å². The molecule has 0 radical (unpaired) electrons. The summed E-state index contributed by atoms with van der Waals surface area (Å²) in [5.41, 5.74) is 19.8. The van der Waals surface area contributed by atoms with E-state index in [1.54, 1.807) is 12.1 Å². The fraction of sp³-hybridized carbons (Fsp3) is 0.224. The lowest BCUT2D eigenvalue weighted by molar-refractivity contribution is -0.130. The second-order valence-corrected chi connectivity index (χ2v) is 15.6. The maximum atomic E-state index is 14.9. The molecular formula is C49H47BrN6O6. The third-order valence-corrected chi connectivity index (χ3v) is 10.8. The highest BCUT2D eigenvalue weighted by Crippen LogP contribution is 2.44. The number of benzene rings is 6. The third kappa shape index (κ3) is 11.4. The van der Waals surface area contributed by atoms with Crippen LogP contribution < -0.4 is 25.1 Å². The van der Waals surface area contributed by atoms with Crippen LogP contribution in [0.4, 0.5) is 0 Å². The summed E-state index contributed by atoms with van der Waals surface area (Å²) in [6.07, 6.45) is 0.349. The van der Waals surface area contributed by atoms with Crippen LogP contribution in [0, 0.1) is 0 Å². The number of hydrogen-bond acceptors (Lipinski definition) is 9. The van der Waals surface area contributed by atoms with Crippen molar-refractivity contribution in [1.82, 2.24) is 10.9 Å². The van der Waals surface area contributed by atoms with E-state index < -0.39 is 17.6 Å². The normalized spacial score (nSPS) is 15.5. The smallest absolute Gasteiger partial charge is 0.266 e. The molecule has 12 nitrogen and oxygen atoms in total. The molecule has 1 heterocycles. The van der Waals surface area contributed by atoms with Gasteiger partial charge in [0.25, 0.3) is 5.91 Å². The Balaban J connectivity index is 1.14. The number of halogens is 1. The number of nitrogens with one attached hydrogen (secondary N) is 2. The summed E-state index contributed by atoms with van der Waals surface area (Å²) in [6, 6.07) is 48.3. The van der Waals surface area contributed by atoms with Crippen molar-refractivity contribution in [3.8, 4) is 17.2 Å². The van der Waals surface area contributed by atoms with Crippen molar-refractivity contribution < 1.29 is 28.8 Å². The van der Waals surface area contributed by atoms with Crippen LogP contribution in [0.2, 0.25) is 0 Å². The van der Waals surface area contributed by atoms with Crippen molar-refractivity contribution >= 4 is 27.7 Å². The molecule has 13 heteroatoms. The van der Waals surface area contributed by atoms with Crippen LogP contribution in [0.15, 0.2) is 166 Å². The molecule has 0 aliphatic carbocycles. The van der Waals surface area contributed by atoms with Crippen molar-refractivity contribution in [2.75, 3.05) is 19.8 Å². The minimum Gasteiger partial charge on any atom is -0.494 e. The Bertz CT molecular complexity index is 2470. The monoisotopic (exact) mass is 894 g/mol. The fourth-order valence-corrected chi connectivity index (χ4v) is 7.35. The van der Waals surface area contributed by atoms with Gasteiger partial charge in [-0.3, -0.25) is 10.2 Å². The molecule has 2 atom stereocenters. The summed E-state index contributed by atoms with van der Waals surface area (Å²) in [5.74, 6) is 1.76. The molecule has 0 saturated heterocycles. The molecule has 6 aromatic rings. The molecule has 1 amide bonds. The molecule has 0 bridgehead atoms. The molecule has 6 aromatic carbocycles. The van der Waals surface area contributed by atoms with E-state index in [-0.39, 0.29) is 25.5 Å². The van der Waals surface area contributed by atoms with Crippen LogP contribution in [-0.2, 0) is 42.1 Å². The number of aliphatic hydroxyl groups excluding tert-OH is 1. The van der Waals surface area contributed by atoms with Gasteiger partial charge in [0, 0.05) is 40.9 Å². The van der Waals surface area contributed by atoms with Crippen LogP contribution >= 0.6 is 15.9 Å². The Morgan fingerprint density at radius 3 is 2.15 bits per heavy atom. The van der Waals surface area contributed by atoms with E-state index in [0.29, 0.717) is 73.1 Å². The Hall–Kier alpha value is -6.63. The van der Waals surface area contributed by atoms with E-state index in [9.17, 15) is 15.4 Å². The van der Waals surface area contributed by atoms with Crippen LogP contribution in [0.1, 0.15) is 51.5 Å². The van der Waals surface area contributed by atoms with Crippen molar-refractivity contribution in [1.29, 1.82) is 0 Å². The van der Waals surface area contributed by atoms with Gasteiger partial charge in [-0.1, -0.05) is 124 Å². The highest BCUT2D eigenvalue weighted by atomic mass is 79.9. The number of aliphatic hydroxyl groups is 1. The zero-order chi connectivity index (χ0) is 43.0. The number of nitrogens with zero attached hydrogens (tertiary/aromatic N) is 4. The maximum absolute atomic E-state index is 14.9. The molecule has 3 N–H and O–H groups in total. The lowest BCUT2D eigenvalue weighted by Gasteiger charge is -2.32. The van der Waals surface area contributed by atoms with Gasteiger partial charge in [-0.25, -0.2) is 10.4 Å². The zero-order valence-corrected chi connectivity index (χ0v) is 35.6. The number of azide groups is 1. The average Bonchev–Trinajstić information content (AvgIpc) is 3.70. The maximum Gasteiger partial charge on any atom is 0.266 e. The van der Waals surface area contributed by atoms with Gasteiger partial charge in [-0.15, -0.1) is 0 Å². The molecule has 62 heavy (non-hydrogen) atoms. The Morgan fingerprint density at radius 1 is 0.790 bits per heavy atom. The van der Waals surface area contributed by atoms with Crippen molar-refractivity contribution in [2.24, 2.45) is 10.1 Å². The SMILES string of the molecule is [N-]=[N+]=NCc1ccccc1[C@@H]1OC(c2ccc(OCCCO)cc2)=N[C@]1(Cc1ccc(Br)cc1)C(=O)NNCCc1ccc(OCc2ccccc2)c(OCc2ccccc2)c1. The molecule has 0 saturated carbocycles. The standard InChI is InChI=1S/C49H47BrN6O6/c50-41-21-16-36(17-22-41)31-49(46(43-15-8-7-14-40(43)32-53-56-51)62-47(54-49)39-19-23-42(24-20-39)59-29-9-28-57)48(58)55-52-27-26-35-18-25-44(60-33-37-10-3-1-4-11-37)45(30-35)61-34-38-12-5-2-6-13-38/h1-8,10-25,30,46,52,57H,9,26-29,31-34H2,(H,55,58)/t46-,49-/m0/s1. The molecule has 0 fully saturated rings.